The van der Waals surface area contributed by atoms with Crippen molar-refractivity contribution in [3.8, 4) is 5.75 Å². The van der Waals surface area contributed by atoms with Crippen molar-refractivity contribution in [2.75, 3.05) is 17.7 Å². The molecule has 11 nitrogen and oxygen atoms in total. The summed E-state index contributed by atoms with van der Waals surface area (Å²) in [5.74, 6) is -1.20. The Labute approximate surface area is 282 Å². The van der Waals surface area contributed by atoms with Crippen molar-refractivity contribution >= 4 is 78.0 Å². The van der Waals surface area contributed by atoms with Crippen molar-refractivity contribution in [1.82, 2.24) is 4.98 Å². The number of fused-ring (bicyclic) bond motifs is 1. The van der Waals surface area contributed by atoms with E-state index in [9.17, 15) is 28.1 Å². The summed E-state index contributed by atoms with van der Waals surface area (Å²) in [5.41, 5.74) is 1.95. The molecule has 1 aromatic heterocycles. The molecule has 1 amide bonds. The van der Waals surface area contributed by atoms with E-state index in [0.29, 0.717) is 49.9 Å². The summed E-state index contributed by atoms with van der Waals surface area (Å²) in [6.45, 7) is -0.626. The first-order valence-corrected chi connectivity index (χ1v) is 17.8. The number of thioether (sulfide) groups is 1. The fourth-order valence-corrected chi connectivity index (χ4v) is 8.05. The number of thiazole rings is 1. The molecule has 4 aromatic carbocycles. The van der Waals surface area contributed by atoms with Gasteiger partial charge in [-0.15, -0.1) is 23.1 Å². The Hall–Kier alpha value is -4.50. The third-order valence-electron chi connectivity index (χ3n) is 6.80. The number of anilines is 1. The molecule has 0 bridgehead atoms. The van der Waals surface area contributed by atoms with Crippen LogP contribution in [0.25, 0.3) is 10.2 Å². The van der Waals surface area contributed by atoms with Crippen LogP contribution in [0.4, 0.5) is 11.4 Å². The second-order valence-corrected chi connectivity index (χ2v) is 14.8. The van der Waals surface area contributed by atoms with Crippen LogP contribution in [0.1, 0.15) is 27.3 Å². The van der Waals surface area contributed by atoms with Crippen molar-refractivity contribution in [3.05, 3.63) is 116 Å². The first kappa shape index (κ1) is 33.9. The molecule has 0 radical (unpaired) electrons. The third kappa shape index (κ3) is 8.86. The molecule has 0 spiro atoms. The van der Waals surface area contributed by atoms with Crippen molar-refractivity contribution < 1.29 is 32.8 Å². The normalized spacial score (nSPS) is 11.3. The number of carbonyl (C=O) groups excluding carboxylic acids is 1. The molecule has 0 saturated carbocycles. The summed E-state index contributed by atoms with van der Waals surface area (Å²) in [4.78, 5) is 40.8. The Bertz CT molecular complexity index is 2070. The molecular formula is C32H26ClN3O8S3. The predicted molar refractivity (Wildman–Crippen MR) is 182 cm³/mol. The third-order valence-corrected chi connectivity index (χ3v) is 11.2. The molecule has 47 heavy (non-hydrogen) atoms. The molecule has 0 fully saturated rings. The number of aryl methyl sites for hydroxylation is 1. The van der Waals surface area contributed by atoms with Crippen LogP contribution in [-0.4, -0.2) is 47.7 Å². The number of nitro groups is 1. The first-order valence-electron chi connectivity index (χ1n) is 14.0. The maximum Gasteiger partial charge on any atom is 0.341 e. The van der Waals surface area contributed by atoms with Crippen LogP contribution in [0, 0.1) is 10.1 Å². The number of amides is 1. The van der Waals surface area contributed by atoms with Crippen LogP contribution in [-0.2, 0) is 26.8 Å². The van der Waals surface area contributed by atoms with E-state index in [-0.39, 0.29) is 27.8 Å². The standard InChI is InChI=1S/C32H26ClN3O8S3/c33-21-8-11-23(12-9-21)47(42,43)15-3-4-20-7-14-27(44-18-31(37)38)26(16-20)35-32(39)24-5-1-2-6-28(24)45-19-30-34-25-13-10-22(36(40)41)17-29(25)46-30/h1-2,5-14,16-17H,3-4,15,18-19H2,(H,35,39)(H,37,38). The summed E-state index contributed by atoms with van der Waals surface area (Å²) >= 11 is 8.59. The SMILES string of the molecule is O=C(O)COc1ccc(CCCS(=O)(=O)c2ccc(Cl)cc2)cc1NC(=O)c1ccccc1SCc1nc2ccc([N+](=O)[O-])cc2s1. The number of nitrogens with one attached hydrogen (secondary N) is 1. The molecular weight excluding hydrogens is 686 g/mol. The van der Waals surface area contributed by atoms with Gasteiger partial charge >= 0.3 is 5.97 Å². The number of carboxylic acid groups (broad SMARTS) is 1. The van der Waals surface area contributed by atoms with Crippen LogP contribution in [0.15, 0.2) is 94.7 Å². The predicted octanol–water partition coefficient (Wildman–Crippen LogP) is 7.27. The topological polar surface area (TPSA) is 166 Å². The van der Waals surface area contributed by atoms with E-state index >= 15 is 0 Å². The smallest absolute Gasteiger partial charge is 0.341 e. The van der Waals surface area contributed by atoms with E-state index in [1.807, 2.05) is 0 Å². The van der Waals surface area contributed by atoms with E-state index in [1.165, 1.54) is 59.5 Å². The maximum absolute atomic E-state index is 13.6. The quantitative estimate of drug-likeness (QED) is 0.0679. The Morgan fingerprint density at radius 1 is 1.04 bits per heavy atom. The summed E-state index contributed by atoms with van der Waals surface area (Å²) in [7, 11) is -3.53. The van der Waals surface area contributed by atoms with Crippen LogP contribution < -0.4 is 10.1 Å². The van der Waals surface area contributed by atoms with Gasteiger partial charge in [0.25, 0.3) is 11.6 Å². The molecule has 242 valence electrons. The number of carboxylic acids is 1. The van der Waals surface area contributed by atoms with Crippen LogP contribution >= 0.6 is 34.7 Å². The Kier molecular flexibility index (Phi) is 10.8. The van der Waals surface area contributed by atoms with Gasteiger partial charge in [-0.3, -0.25) is 14.9 Å². The second kappa shape index (κ2) is 14.9. The lowest BCUT2D eigenvalue weighted by atomic mass is 10.1. The average Bonchev–Trinajstić information content (AvgIpc) is 3.46. The highest BCUT2D eigenvalue weighted by Crippen LogP contribution is 2.33. The lowest BCUT2D eigenvalue weighted by Crippen LogP contribution is -2.16. The molecule has 0 aliphatic carbocycles. The number of nitrogens with zero attached hydrogens (tertiary/aromatic N) is 2. The zero-order valence-electron chi connectivity index (χ0n) is 24.4. The molecule has 0 unspecified atom stereocenters. The number of halogens is 1. The van der Waals surface area contributed by atoms with Gasteiger partial charge < -0.3 is 15.2 Å². The number of rotatable bonds is 14. The minimum absolute atomic E-state index is 0.0129. The van der Waals surface area contributed by atoms with E-state index in [1.54, 1.807) is 48.5 Å². The maximum atomic E-state index is 13.6. The van der Waals surface area contributed by atoms with Gasteiger partial charge in [0, 0.05) is 22.1 Å². The summed E-state index contributed by atoms with van der Waals surface area (Å²) in [6, 6.07) is 22.3. The van der Waals surface area contributed by atoms with E-state index in [2.05, 4.69) is 10.3 Å². The van der Waals surface area contributed by atoms with E-state index in [4.69, 9.17) is 21.4 Å². The van der Waals surface area contributed by atoms with Crippen molar-refractivity contribution in [2.24, 2.45) is 0 Å². The molecule has 5 rings (SSSR count). The molecule has 0 aliphatic heterocycles. The molecule has 15 heteroatoms. The highest BCUT2D eigenvalue weighted by Gasteiger charge is 2.18. The van der Waals surface area contributed by atoms with Gasteiger partial charge in [-0.25, -0.2) is 18.2 Å². The van der Waals surface area contributed by atoms with Gasteiger partial charge in [-0.1, -0.05) is 29.8 Å². The first-order chi connectivity index (χ1) is 22.5. The second-order valence-electron chi connectivity index (χ2n) is 10.1. The Morgan fingerprint density at radius 3 is 2.55 bits per heavy atom. The van der Waals surface area contributed by atoms with E-state index < -0.39 is 33.2 Å². The highest BCUT2D eigenvalue weighted by atomic mass is 35.5. The Balaban J connectivity index is 1.30. The zero-order chi connectivity index (χ0) is 33.6. The lowest BCUT2D eigenvalue weighted by Gasteiger charge is -2.15. The molecule has 0 atom stereocenters. The highest BCUT2D eigenvalue weighted by molar-refractivity contribution is 7.98. The van der Waals surface area contributed by atoms with Crippen LogP contribution in [0.5, 0.6) is 5.75 Å². The number of aliphatic carboxylic acids is 1. The summed E-state index contributed by atoms with van der Waals surface area (Å²) in [5, 5.41) is 24.3. The summed E-state index contributed by atoms with van der Waals surface area (Å²) < 4.78 is 31.6. The van der Waals surface area contributed by atoms with Crippen molar-refractivity contribution in [3.63, 3.8) is 0 Å². The molecule has 1 heterocycles. The number of nitro benzene ring substituents is 1. The number of hydrogen-bond donors (Lipinski definition) is 2. The number of carbonyl (C=O) groups is 2. The number of sulfone groups is 1. The molecule has 0 aliphatic rings. The van der Waals surface area contributed by atoms with Crippen LogP contribution in [0.3, 0.4) is 0 Å². The van der Waals surface area contributed by atoms with Gasteiger partial charge in [-0.2, -0.15) is 0 Å². The van der Waals surface area contributed by atoms with Gasteiger partial charge in [0.2, 0.25) is 0 Å². The zero-order valence-corrected chi connectivity index (χ0v) is 27.6. The van der Waals surface area contributed by atoms with Gasteiger partial charge in [0.05, 0.1) is 42.8 Å². The number of hydrogen-bond acceptors (Lipinski definition) is 10. The van der Waals surface area contributed by atoms with Crippen molar-refractivity contribution in [1.29, 1.82) is 0 Å². The minimum Gasteiger partial charge on any atom is -0.480 e. The fourth-order valence-electron chi connectivity index (χ4n) is 4.57. The largest absolute Gasteiger partial charge is 0.480 e. The van der Waals surface area contributed by atoms with Crippen molar-refractivity contribution in [2.45, 2.75) is 28.4 Å². The average molecular weight is 712 g/mol. The lowest BCUT2D eigenvalue weighted by molar-refractivity contribution is -0.384. The number of aromatic nitrogens is 1. The number of benzene rings is 4. The van der Waals surface area contributed by atoms with Gasteiger partial charge in [0.15, 0.2) is 16.4 Å². The monoisotopic (exact) mass is 711 g/mol. The van der Waals surface area contributed by atoms with Gasteiger partial charge in [0.1, 0.15) is 10.8 Å². The number of ether oxygens (including phenoxy) is 1. The number of non-ortho nitro benzene ring substituents is 1. The van der Waals surface area contributed by atoms with Gasteiger partial charge in [-0.05, 0) is 73.0 Å². The Morgan fingerprint density at radius 2 is 1.81 bits per heavy atom. The molecule has 2 N–H and O–H groups in total. The van der Waals surface area contributed by atoms with E-state index in [0.717, 1.165) is 5.01 Å². The molecule has 0 saturated heterocycles. The molecule has 5 aromatic rings. The minimum atomic E-state index is -3.53. The summed E-state index contributed by atoms with van der Waals surface area (Å²) in [6.07, 6.45) is 0.666. The van der Waals surface area contributed by atoms with Crippen LogP contribution in [0.2, 0.25) is 5.02 Å². The fraction of sp³-hybridized carbons (Fsp3) is 0.156.